The molecule has 0 saturated carbocycles. The van der Waals surface area contributed by atoms with Crippen molar-refractivity contribution in [1.29, 1.82) is 0 Å². The molecule has 0 radical (unpaired) electrons. The molecule has 4 rings (SSSR count). The number of carboxylic acid groups (broad SMARTS) is 1. The van der Waals surface area contributed by atoms with E-state index >= 15 is 0 Å². The maximum absolute atomic E-state index is 13.6. The third-order valence-corrected chi connectivity index (χ3v) is 7.37. The summed E-state index contributed by atoms with van der Waals surface area (Å²) >= 11 is 0. The molecule has 2 amide bonds. The zero-order chi connectivity index (χ0) is 29.8. The van der Waals surface area contributed by atoms with Gasteiger partial charge in [-0.2, -0.15) is 4.31 Å². The van der Waals surface area contributed by atoms with Crippen LogP contribution < -0.4 is 0 Å². The zero-order valence-electron chi connectivity index (χ0n) is 22.6. The minimum atomic E-state index is -4.11. The molecular formula is C28H28N4O8S. The van der Waals surface area contributed by atoms with E-state index in [4.69, 9.17) is 9.15 Å². The highest BCUT2D eigenvalue weighted by atomic mass is 32.2. The second-order valence-electron chi connectivity index (χ2n) is 9.99. The van der Waals surface area contributed by atoms with Crippen molar-refractivity contribution in [1.82, 2.24) is 19.2 Å². The van der Waals surface area contributed by atoms with Gasteiger partial charge >= 0.3 is 12.1 Å². The van der Waals surface area contributed by atoms with Gasteiger partial charge in [-0.1, -0.05) is 24.3 Å². The summed E-state index contributed by atoms with van der Waals surface area (Å²) in [4.78, 5) is 45.8. The van der Waals surface area contributed by atoms with Gasteiger partial charge in [0.15, 0.2) is 0 Å². The molecule has 13 heteroatoms. The van der Waals surface area contributed by atoms with Gasteiger partial charge in [0.25, 0.3) is 5.91 Å². The molecule has 1 N–H and O–H groups in total. The maximum Gasteiger partial charge on any atom is 0.417 e. The van der Waals surface area contributed by atoms with Crippen LogP contribution in [0.2, 0.25) is 0 Å². The molecule has 0 bridgehead atoms. The Morgan fingerprint density at radius 2 is 1.76 bits per heavy atom. The van der Waals surface area contributed by atoms with E-state index in [-0.39, 0.29) is 29.4 Å². The number of fused-ring (bicyclic) bond motifs is 1. The molecule has 0 atom stereocenters. The number of rotatable bonds is 9. The summed E-state index contributed by atoms with van der Waals surface area (Å²) in [7, 11) is -4.11. The Morgan fingerprint density at radius 1 is 1.00 bits per heavy atom. The molecule has 3 aromatic heterocycles. The molecule has 0 aliphatic carbocycles. The lowest BCUT2D eigenvalue weighted by atomic mass is 10.2. The number of aromatic nitrogens is 2. The molecule has 41 heavy (non-hydrogen) atoms. The number of ether oxygens (including phenoxy) is 1. The van der Waals surface area contributed by atoms with Gasteiger partial charge in [-0.15, -0.1) is 0 Å². The highest BCUT2D eigenvalue weighted by Crippen LogP contribution is 2.25. The Hall–Kier alpha value is -4.62. The van der Waals surface area contributed by atoms with Crippen molar-refractivity contribution in [3.63, 3.8) is 0 Å². The molecule has 1 aromatic carbocycles. The predicted molar refractivity (Wildman–Crippen MR) is 146 cm³/mol. The molecule has 214 valence electrons. The molecule has 0 unspecified atom stereocenters. The lowest BCUT2D eigenvalue weighted by Crippen LogP contribution is -2.44. The van der Waals surface area contributed by atoms with Gasteiger partial charge in [-0.05, 0) is 57.2 Å². The Balaban J connectivity index is 1.67. The fourth-order valence-electron chi connectivity index (χ4n) is 3.84. The second kappa shape index (κ2) is 11.9. The van der Waals surface area contributed by atoms with Crippen LogP contribution in [0.1, 0.15) is 42.7 Å². The molecule has 0 aliphatic heterocycles. The predicted octanol–water partition coefficient (Wildman–Crippen LogP) is 4.08. The first-order chi connectivity index (χ1) is 19.3. The average molecular weight is 581 g/mol. The number of sulfonamides is 1. The smallest absolute Gasteiger partial charge is 0.417 e. The topological polar surface area (TPSA) is 160 Å². The van der Waals surface area contributed by atoms with Gasteiger partial charge in [-0.25, -0.2) is 23.1 Å². The van der Waals surface area contributed by atoms with E-state index in [2.05, 4.69) is 9.97 Å². The third kappa shape index (κ3) is 7.32. The number of hydrogen-bond donors (Lipinski definition) is 1. The monoisotopic (exact) mass is 580 g/mol. The van der Waals surface area contributed by atoms with Crippen molar-refractivity contribution in [2.45, 2.75) is 44.4 Å². The van der Waals surface area contributed by atoms with E-state index in [0.717, 1.165) is 9.69 Å². The molecule has 0 aliphatic rings. The van der Waals surface area contributed by atoms with E-state index in [1.54, 1.807) is 39.0 Å². The largest absolute Gasteiger partial charge is 0.480 e. The number of carboxylic acids is 1. The number of nitrogens with zero attached hydrogens (tertiary/aromatic N) is 4. The highest BCUT2D eigenvalue weighted by molar-refractivity contribution is 7.89. The van der Waals surface area contributed by atoms with Crippen LogP contribution in [-0.4, -0.2) is 62.8 Å². The van der Waals surface area contributed by atoms with E-state index < -0.39 is 40.1 Å². The molecule has 0 saturated heterocycles. The number of aliphatic carboxylic acids is 1. The number of amides is 2. The van der Waals surface area contributed by atoms with Gasteiger partial charge < -0.3 is 14.3 Å². The summed E-state index contributed by atoms with van der Waals surface area (Å²) in [6.07, 6.45) is 1.52. The number of hydrogen-bond acceptors (Lipinski definition) is 9. The standard InChI is InChI=1S/C28H28N4O8S/c1-28(2,3)40-27(36)32(18-25(33)34)26(35)23-11-6-9-20(30-23)16-31(41(37,38)22-10-7-13-29-15-22)17-21-14-19-8-4-5-12-24(19)39-21/h4-15H,16-18H2,1-3H3,(H,33,34). The number of benzene rings is 1. The Labute approximate surface area is 236 Å². The SMILES string of the molecule is CC(C)(C)OC(=O)N(CC(=O)O)C(=O)c1cccc(CN(Cc2cc3ccccc3o2)S(=O)(=O)c2cccnc2)n1. The molecule has 12 nitrogen and oxygen atoms in total. The van der Waals surface area contributed by atoms with Gasteiger partial charge in [0.2, 0.25) is 10.0 Å². The van der Waals surface area contributed by atoms with Crippen molar-refractivity contribution in [3.8, 4) is 0 Å². The Bertz CT molecular complexity index is 1650. The molecule has 0 spiro atoms. The Kier molecular flexibility index (Phi) is 8.49. The summed E-state index contributed by atoms with van der Waals surface area (Å²) < 4.78 is 39.5. The number of carbonyl (C=O) groups excluding carboxylic acids is 2. The number of furan rings is 1. The van der Waals surface area contributed by atoms with Crippen LogP contribution >= 0.6 is 0 Å². The van der Waals surface area contributed by atoms with Crippen molar-refractivity contribution in [2.75, 3.05) is 6.54 Å². The zero-order valence-corrected chi connectivity index (χ0v) is 23.4. The summed E-state index contributed by atoms with van der Waals surface area (Å²) in [6.45, 7) is 3.34. The first kappa shape index (κ1) is 29.4. The summed E-state index contributed by atoms with van der Waals surface area (Å²) in [5, 5.41) is 10.1. The maximum atomic E-state index is 13.6. The third-order valence-electron chi connectivity index (χ3n) is 5.60. The fourth-order valence-corrected chi connectivity index (χ4v) is 5.18. The summed E-state index contributed by atoms with van der Waals surface area (Å²) in [5.41, 5.74) is -0.495. The van der Waals surface area contributed by atoms with Gasteiger partial charge in [-0.3, -0.25) is 14.6 Å². The number of para-hydroxylation sites is 1. The van der Waals surface area contributed by atoms with Crippen LogP contribution in [-0.2, 0) is 32.6 Å². The van der Waals surface area contributed by atoms with Crippen molar-refractivity contribution >= 4 is 39.0 Å². The normalized spacial score (nSPS) is 11.9. The first-order valence-electron chi connectivity index (χ1n) is 12.4. The van der Waals surface area contributed by atoms with E-state index in [1.807, 2.05) is 12.1 Å². The van der Waals surface area contributed by atoms with Crippen LogP contribution in [0.15, 0.2) is 82.4 Å². The summed E-state index contributed by atoms with van der Waals surface area (Å²) in [5.74, 6) is -2.06. The fraction of sp³-hybridized carbons (Fsp3) is 0.250. The minimum absolute atomic E-state index is 0.0547. The van der Waals surface area contributed by atoms with Crippen LogP contribution in [0, 0.1) is 0 Å². The Morgan fingerprint density at radius 3 is 2.41 bits per heavy atom. The number of carbonyl (C=O) groups is 3. The van der Waals surface area contributed by atoms with Crippen LogP contribution in [0.25, 0.3) is 11.0 Å². The minimum Gasteiger partial charge on any atom is -0.480 e. The summed E-state index contributed by atoms with van der Waals surface area (Å²) in [6, 6.07) is 16.2. The van der Waals surface area contributed by atoms with E-state index in [9.17, 15) is 27.9 Å². The average Bonchev–Trinajstić information content (AvgIpc) is 3.33. The second-order valence-corrected chi connectivity index (χ2v) is 11.9. The number of imide groups is 1. The highest BCUT2D eigenvalue weighted by Gasteiger charge is 2.31. The molecular weight excluding hydrogens is 552 g/mol. The van der Waals surface area contributed by atoms with Crippen molar-refractivity contribution in [3.05, 3.63) is 90.2 Å². The lowest BCUT2D eigenvalue weighted by Gasteiger charge is -2.25. The van der Waals surface area contributed by atoms with Gasteiger partial charge in [0, 0.05) is 17.8 Å². The number of pyridine rings is 2. The van der Waals surface area contributed by atoms with Crippen LogP contribution in [0.5, 0.6) is 0 Å². The molecule has 3 heterocycles. The van der Waals surface area contributed by atoms with Crippen molar-refractivity contribution < 1.29 is 37.1 Å². The van der Waals surface area contributed by atoms with E-state index in [1.165, 1.54) is 42.7 Å². The molecule has 0 fully saturated rings. The van der Waals surface area contributed by atoms with Crippen molar-refractivity contribution in [2.24, 2.45) is 0 Å². The van der Waals surface area contributed by atoms with Gasteiger partial charge in [0.05, 0.1) is 18.8 Å². The van der Waals surface area contributed by atoms with Crippen LogP contribution in [0.3, 0.4) is 0 Å². The molecule has 4 aromatic rings. The lowest BCUT2D eigenvalue weighted by molar-refractivity contribution is -0.137. The van der Waals surface area contributed by atoms with Crippen LogP contribution in [0.4, 0.5) is 4.79 Å². The van der Waals surface area contributed by atoms with E-state index in [0.29, 0.717) is 16.2 Å². The first-order valence-corrected chi connectivity index (χ1v) is 13.9. The quantitative estimate of drug-likeness (QED) is 0.305. The van der Waals surface area contributed by atoms with Gasteiger partial charge in [0.1, 0.15) is 34.1 Å².